The van der Waals surface area contributed by atoms with Crippen LogP contribution in [0.25, 0.3) is 0 Å². The maximum absolute atomic E-state index is 14.1. The highest BCUT2D eigenvalue weighted by Gasteiger charge is 2.32. The molecule has 0 saturated carbocycles. The van der Waals surface area contributed by atoms with Crippen LogP contribution in [-0.4, -0.2) is 48.4 Å². The third kappa shape index (κ3) is 5.50. The van der Waals surface area contributed by atoms with Crippen LogP contribution in [0.5, 0.6) is 5.75 Å². The molecule has 1 atom stereocenters. The standard InChI is InChI=1S/C22H22ClF3N2O3/c1-27(13-16-17(23)8-4-9-18(16)24)20(29)14-6-5-11-28(12-14)21(30)15-7-2-3-10-19(15)31-22(25)26/h2-4,7-10,14,22H,5-6,11-13H2,1H3. The quantitative estimate of drug-likeness (QED) is 0.641. The van der Waals surface area contributed by atoms with Crippen LogP contribution in [-0.2, 0) is 11.3 Å². The number of para-hydroxylation sites is 1. The number of hydrogen-bond donors (Lipinski definition) is 0. The molecule has 0 spiro atoms. The molecule has 0 N–H and O–H groups in total. The highest BCUT2D eigenvalue weighted by Crippen LogP contribution is 2.27. The van der Waals surface area contributed by atoms with Gasteiger partial charge in [-0.1, -0.05) is 29.8 Å². The summed E-state index contributed by atoms with van der Waals surface area (Å²) in [6, 6.07) is 10.1. The van der Waals surface area contributed by atoms with Crippen molar-refractivity contribution in [1.82, 2.24) is 9.80 Å². The van der Waals surface area contributed by atoms with Crippen LogP contribution in [0.4, 0.5) is 13.2 Å². The Morgan fingerprint density at radius 3 is 2.68 bits per heavy atom. The van der Waals surface area contributed by atoms with E-state index in [2.05, 4.69) is 4.74 Å². The summed E-state index contributed by atoms with van der Waals surface area (Å²) in [4.78, 5) is 28.7. The van der Waals surface area contributed by atoms with E-state index in [-0.39, 0.29) is 40.9 Å². The Balaban J connectivity index is 1.70. The van der Waals surface area contributed by atoms with E-state index in [1.807, 2.05) is 0 Å². The van der Waals surface area contributed by atoms with Crippen LogP contribution < -0.4 is 4.74 Å². The number of carbonyl (C=O) groups excluding carboxylic acids is 2. The number of halogens is 4. The minimum atomic E-state index is -3.05. The minimum absolute atomic E-state index is 0.000151. The summed E-state index contributed by atoms with van der Waals surface area (Å²) in [6.07, 6.45) is 1.14. The summed E-state index contributed by atoms with van der Waals surface area (Å²) in [6.45, 7) is -2.52. The molecule has 0 radical (unpaired) electrons. The van der Waals surface area contributed by atoms with Crippen LogP contribution >= 0.6 is 11.6 Å². The summed E-state index contributed by atoms with van der Waals surface area (Å²) in [5.74, 6) is -1.91. The predicted molar refractivity (Wildman–Crippen MR) is 110 cm³/mol. The predicted octanol–water partition coefficient (Wildman–Crippen LogP) is 4.59. The molecule has 31 heavy (non-hydrogen) atoms. The van der Waals surface area contributed by atoms with Crippen molar-refractivity contribution in [2.75, 3.05) is 20.1 Å². The first-order chi connectivity index (χ1) is 14.8. The average molecular weight is 455 g/mol. The maximum Gasteiger partial charge on any atom is 0.387 e. The molecule has 9 heteroatoms. The van der Waals surface area contributed by atoms with Crippen molar-refractivity contribution < 1.29 is 27.5 Å². The maximum atomic E-state index is 14.1. The fourth-order valence-electron chi connectivity index (χ4n) is 3.69. The fourth-order valence-corrected chi connectivity index (χ4v) is 3.91. The van der Waals surface area contributed by atoms with E-state index in [0.29, 0.717) is 19.4 Å². The Bertz CT molecular complexity index is 937. The molecule has 0 aromatic heterocycles. The summed E-state index contributed by atoms with van der Waals surface area (Å²) in [7, 11) is 1.55. The van der Waals surface area contributed by atoms with Gasteiger partial charge in [0.15, 0.2) is 0 Å². The van der Waals surface area contributed by atoms with Crippen molar-refractivity contribution >= 4 is 23.4 Å². The molecule has 1 saturated heterocycles. The summed E-state index contributed by atoms with van der Waals surface area (Å²) in [5.41, 5.74) is 0.240. The van der Waals surface area contributed by atoms with Crippen molar-refractivity contribution in [2.24, 2.45) is 5.92 Å². The third-order valence-corrected chi connectivity index (χ3v) is 5.58. The Morgan fingerprint density at radius 1 is 1.23 bits per heavy atom. The summed E-state index contributed by atoms with van der Waals surface area (Å²) >= 11 is 6.05. The number of benzene rings is 2. The number of piperidine rings is 1. The van der Waals surface area contributed by atoms with Gasteiger partial charge in [0, 0.05) is 37.3 Å². The van der Waals surface area contributed by atoms with E-state index >= 15 is 0 Å². The molecule has 0 bridgehead atoms. The molecule has 2 aromatic rings. The van der Waals surface area contributed by atoms with Gasteiger partial charge >= 0.3 is 6.61 Å². The Hall–Kier alpha value is -2.74. The molecule has 1 fully saturated rings. The van der Waals surface area contributed by atoms with Crippen molar-refractivity contribution in [3.8, 4) is 5.75 Å². The smallest absolute Gasteiger partial charge is 0.387 e. The second kappa shape index (κ2) is 10.0. The van der Waals surface area contributed by atoms with E-state index in [9.17, 15) is 22.8 Å². The number of nitrogens with zero attached hydrogens (tertiary/aromatic N) is 2. The van der Waals surface area contributed by atoms with E-state index in [0.717, 1.165) is 0 Å². The third-order valence-electron chi connectivity index (χ3n) is 5.22. The number of carbonyl (C=O) groups is 2. The van der Waals surface area contributed by atoms with Crippen LogP contribution in [0.2, 0.25) is 5.02 Å². The molecule has 0 aliphatic carbocycles. The lowest BCUT2D eigenvalue weighted by Crippen LogP contribution is -2.45. The minimum Gasteiger partial charge on any atom is -0.434 e. The fraction of sp³-hybridized carbons (Fsp3) is 0.364. The summed E-state index contributed by atoms with van der Waals surface area (Å²) < 4.78 is 43.8. The molecular formula is C22H22ClF3N2O3. The zero-order valence-electron chi connectivity index (χ0n) is 16.9. The second-order valence-corrected chi connectivity index (χ2v) is 7.77. The first-order valence-corrected chi connectivity index (χ1v) is 10.2. The molecule has 3 rings (SSSR count). The number of rotatable bonds is 6. The van der Waals surface area contributed by atoms with Gasteiger partial charge in [-0.25, -0.2) is 4.39 Å². The SMILES string of the molecule is CN(Cc1c(F)cccc1Cl)C(=O)C1CCCN(C(=O)c2ccccc2OC(F)F)C1. The first-order valence-electron chi connectivity index (χ1n) is 9.79. The molecule has 1 aliphatic heterocycles. The van der Waals surface area contributed by atoms with Gasteiger partial charge in [0.1, 0.15) is 11.6 Å². The van der Waals surface area contributed by atoms with Gasteiger partial charge in [-0.15, -0.1) is 0 Å². The lowest BCUT2D eigenvalue weighted by atomic mass is 9.95. The number of hydrogen-bond acceptors (Lipinski definition) is 3. The molecule has 2 amide bonds. The van der Waals surface area contributed by atoms with E-state index in [1.165, 1.54) is 40.1 Å². The van der Waals surface area contributed by atoms with E-state index in [1.54, 1.807) is 19.2 Å². The number of amides is 2. The zero-order chi connectivity index (χ0) is 22.5. The van der Waals surface area contributed by atoms with E-state index in [4.69, 9.17) is 11.6 Å². The highest BCUT2D eigenvalue weighted by molar-refractivity contribution is 6.31. The first kappa shape index (κ1) is 22.9. The van der Waals surface area contributed by atoms with Crippen LogP contribution in [0.15, 0.2) is 42.5 Å². The molecule has 166 valence electrons. The number of alkyl halides is 2. The molecule has 1 heterocycles. The Morgan fingerprint density at radius 2 is 1.97 bits per heavy atom. The van der Waals surface area contributed by atoms with E-state index < -0.39 is 24.3 Å². The molecular weight excluding hydrogens is 433 g/mol. The van der Waals surface area contributed by atoms with Crippen molar-refractivity contribution in [2.45, 2.75) is 26.0 Å². The average Bonchev–Trinajstić information content (AvgIpc) is 2.75. The highest BCUT2D eigenvalue weighted by atomic mass is 35.5. The Labute approximate surface area is 183 Å². The van der Waals surface area contributed by atoms with Crippen molar-refractivity contribution in [3.05, 3.63) is 64.4 Å². The lowest BCUT2D eigenvalue weighted by molar-refractivity contribution is -0.136. The zero-order valence-corrected chi connectivity index (χ0v) is 17.6. The summed E-state index contributed by atoms with van der Waals surface area (Å²) in [5, 5.41) is 0.232. The lowest BCUT2D eigenvalue weighted by Gasteiger charge is -2.34. The van der Waals surface area contributed by atoms with Crippen LogP contribution in [0.1, 0.15) is 28.8 Å². The van der Waals surface area contributed by atoms with Gasteiger partial charge in [-0.3, -0.25) is 9.59 Å². The van der Waals surface area contributed by atoms with Crippen LogP contribution in [0, 0.1) is 11.7 Å². The van der Waals surface area contributed by atoms with Crippen LogP contribution in [0.3, 0.4) is 0 Å². The van der Waals surface area contributed by atoms with Gasteiger partial charge in [0.2, 0.25) is 5.91 Å². The number of ether oxygens (including phenoxy) is 1. The van der Waals surface area contributed by atoms with Gasteiger partial charge in [0.25, 0.3) is 5.91 Å². The van der Waals surface area contributed by atoms with Gasteiger partial charge in [0.05, 0.1) is 11.5 Å². The normalized spacial score (nSPS) is 16.3. The molecule has 1 aliphatic rings. The second-order valence-electron chi connectivity index (χ2n) is 7.36. The van der Waals surface area contributed by atoms with Gasteiger partial charge < -0.3 is 14.5 Å². The number of likely N-dealkylation sites (tertiary alicyclic amines) is 1. The molecule has 1 unspecified atom stereocenters. The molecule has 5 nitrogen and oxygen atoms in total. The largest absolute Gasteiger partial charge is 0.434 e. The van der Waals surface area contributed by atoms with Crippen molar-refractivity contribution in [3.63, 3.8) is 0 Å². The van der Waals surface area contributed by atoms with Crippen molar-refractivity contribution in [1.29, 1.82) is 0 Å². The van der Waals surface area contributed by atoms with Gasteiger partial charge in [-0.05, 0) is 37.1 Å². The monoisotopic (exact) mass is 454 g/mol. The van der Waals surface area contributed by atoms with Gasteiger partial charge in [-0.2, -0.15) is 8.78 Å². The molecule has 2 aromatic carbocycles. The Kier molecular flexibility index (Phi) is 7.43. The topological polar surface area (TPSA) is 49.9 Å².